The van der Waals surface area contributed by atoms with Gasteiger partial charge >= 0.3 is 0 Å². The summed E-state index contributed by atoms with van der Waals surface area (Å²) in [5.74, 6) is 0.599. The predicted octanol–water partition coefficient (Wildman–Crippen LogP) is 4.36. The Morgan fingerprint density at radius 2 is 1.94 bits per heavy atom. The van der Waals surface area contributed by atoms with Crippen LogP contribution in [0, 0.1) is 0 Å². The van der Waals surface area contributed by atoms with Gasteiger partial charge in [-0.05, 0) is 54.3 Å². The van der Waals surface area contributed by atoms with Gasteiger partial charge < -0.3 is 5.32 Å². The van der Waals surface area contributed by atoms with E-state index in [0.717, 1.165) is 48.3 Å². The first kappa shape index (κ1) is 20.1. The van der Waals surface area contributed by atoms with Crippen molar-refractivity contribution in [3.63, 3.8) is 0 Å². The summed E-state index contributed by atoms with van der Waals surface area (Å²) in [4.78, 5) is 34.9. The Balaban J connectivity index is 1.44. The van der Waals surface area contributed by atoms with E-state index in [-0.39, 0.29) is 11.5 Å². The van der Waals surface area contributed by atoms with Gasteiger partial charge in [-0.3, -0.25) is 19.1 Å². The Bertz CT molecular complexity index is 1350. The topological polar surface area (TPSA) is 76.9 Å². The summed E-state index contributed by atoms with van der Waals surface area (Å²) >= 11 is 0. The molecule has 3 heterocycles. The first-order chi connectivity index (χ1) is 15.7. The van der Waals surface area contributed by atoms with Crippen LogP contribution >= 0.6 is 0 Å². The van der Waals surface area contributed by atoms with E-state index in [4.69, 9.17) is 4.98 Å². The Kier molecular flexibility index (Phi) is 5.50. The molecule has 0 atom stereocenters. The number of anilines is 1. The fourth-order valence-electron chi connectivity index (χ4n) is 4.27. The number of amides is 1. The van der Waals surface area contributed by atoms with E-state index in [1.54, 1.807) is 29.0 Å². The van der Waals surface area contributed by atoms with Gasteiger partial charge in [0.15, 0.2) is 0 Å². The first-order valence-corrected chi connectivity index (χ1v) is 11.0. The lowest BCUT2D eigenvalue weighted by molar-refractivity contribution is 0.102. The van der Waals surface area contributed by atoms with Crippen LogP contribution in [0.5, 0.6) is 0 Å². The molecule has 1 amide bonds. The smallest absolute Gasteiger partial charge is 0.261 e. The van der Waals surface area contributed by atoms with Crippen LogP contribution in [0.1, 0.15) is 46.6 Å². The van der Waals surface area contributed by atoms with Crippen molar-refractivity contribution in [3.05, 3.63) is 99.9 Å². The fourth-order valence-corrected chi connectivity index (χ4v) is 4.27. The van der Waals surface area contributed by atoms with Gasteiger partial charge in [0.25, 0.3) is 11.5 Å². The van der Waals surface area contributed by atoms with Crippen molar-refractivity contribution < 1.29 is 4.79 Å². The van der Waals surface area contributed by atoms with E-state index < -0.39 is 0 Å². The van der Waals surface area contributed by atoms with E-state index >= 15 is 0 Å². The summed E-state index contributed by atoms with van der Waals surface area (Å²) in [5.41, 5.74) is 3.90. The summed E-state index contributed by atoms with van der Waals surface area (Å²) < 4.78 is 1.80. The standard InChI is InChI=1S/C26H24N4O2/c31-25(29-22-9-4-3-8-19(22)15-18-7-6-13-27-17-18)20-11-12-21-23(16-20)28-24-10-2-1-5-14-30(24)26(21)32/h3-4,6-9,11-13,16-17H,1-2,5,10,14-15H2,(H,29,31). The van der Waals surface area contributed by atoms with E-state index in [0.29, 0.717) is 29.4 Å². The molecular formula is C26H24N4O2. The van der Waals surface area contributed by atoms with Crippen molar-refractivity contribution in [2.24, 2.45) is 0 Å². The van der Waals surface area contributed by atoms with Gasteiger partial charge in [-0.2, -0.15) is 0 Å². The zero-order valence-electron chi connectivity index (χ0n) is 17.8. The number of aromatic nitrogens is 3. The highest BCUT2D eigenvalue weighted by molar-refractivity contribution is 6.06. The summed E-state index contributed by atoms with van der Waals surface area (Å²) in [6.45, 7) is 0.715. The third-order valence-corrected chi connectivity index (χ3v) is 5.96. The highest BCUT2D eigenvalue weighted by Gasteiger charge is 2.16. The maximum atomic E-state index is 13.1. The van der Waals surface area contributed by atoms with Crippen molar-refractivity contribution in [1.29, 1.82) is 0 Å². The lowest BCUT2D eigenvalue weighted by Crippen LogP contribution is -2.24. The molecule has 0 saturated heterocycles. The molecule has 32 heavy (non-hydrogen) atoms. The van der Waals surface area contributed by atoms with Gasteiger partial charge in [0.05, 0.1) is 10.9 Å². The van der Waals surface area contributed by atoms with Gasteiger partial charge in [-0.15, -0.1) is 0 Å². The molecule has 0 spiro atoms. The molecule has 2 aromatic heterocycles. The number of nitrogens with one attached hydrogen (secondary N) is 1. The summed E-state index contributed by atoms with van der Waals surface area (Å²) in [7, 11) is 0. The minimum atomic E-state index is -0.220. The highest BCUT2D eigenvalue weighted by atomic mass is 16.1. The number of pyridine rings is 1. The molecule has 1 aliphatic heterocycles. The second-order valence-electron chi connectivity index (χ2n) is 8.18. The second kappa shape index (κ2) is 8.75. The number of fused-ring (bicyclic) bond motifs is 2. The Labute approximate surface area is 186 Å². The fraction of sp³-hybridized carbons (Fsp3) is 0.231. The molecule has 2 aromatic carbocycles. The number of para-hydroxylation sites is 1. The van der Waals surface area contributed by atoms with Crippen LogP contribution in [0.2, 0.25) is 0 Å². The monoisotopic (exact) mass is 424 g/mol. The Morgan fingerprint density at radius 1 is 1.03 bits per heavy atom. The van der Waals surface area contributed by atoms with Crippen LogP contribution in [0.15, 0.2) is 71.8 Å². The van der Waals surface area contributed by atoms with Crippen LogP contribution in [0.4, 0.5) is 5.69 Å². The zero-order valence-corrected chi connectivity index (χ0v) is 17.8. The largest absolute Gasteiger partial charge is 0.322 e. The third kappa shape index (κ3) is 4.04. The number of hydrogen-bond donors (Lipinski definition) is 1. The number of nitrogens with zero attached hydrogens (tertiary/aromatic N) is 3. The number of aryl methyl sites for hydroxylation is 1. The highest BCUT2D eigenvalue weighted by Crippen LogP contribution is 2.21. The molecule has 0 saturated carbocycles. The normalized spacial score (nSPS) is 13.4. The molecule has 160 valence electrons. The van der Waals surface area contributed by atoms with E-state index in [2.05, 4.69) is 10.3 Å². The minimum absolute atomic E-state index is 0.0133. The van der Waals surface area contributed by atoms with Crippen molar-refractivity contribution >= 4 is 22.5 Å². The number of hydrogen-bond acceptors (Lipinski definition) is 4. The number of rotatable bonds is 4. The molecule has 5 rings (SSSR count). The molecule has 6 heteroatoms. The Morgan fingerprint density at radius 3 is 2.81 bits per heavy atom. The number of carbonyl (C=O) groups is 1. The first-order valence-electron chi connectivity index (χ1n) is 11.0. The molecule has 0 aliphatic carbocycles. The predicted molar refractivity (Wildman–Crippen MR) is 125 cm³/mol. The maximum Gasteiger partial charge on any atom is 0.261 e. The molecule has 6 nitrogen and oxygen atoms in total. The SMILES string of the molecule is O=C(Nc1ccccc1Cc1cccnc1)c1ccc2c(=O)n3c(nc2c1)CCCCC3. The van der Waals surface area contributed by atoms with Gasteiger partial charge in [0, 0.05) is 43.0 Å². The maximum absolute atomic E-state index is 13.1. The molecule has 4 aromatic rings. The van der Waals surface area contributed by atoms with E-state index in [9.17, 15) is 9.59 Å². The minimum Gasteiger partial charge on any atom is -0.322 e. The quantitative estimate of drug-likeness (QED) is 0.528. The number of carbonyl (C=O) groups excluding carboxylic acids is 1. The lowest BCUT2D eigenvalue weighted by Gasteiger charge is -2.13. The molecule has 1 aliphatic rings. The van der Waals surface area contributed by atoms with Crippen molar-refractivity contribution in [3.8, 4) is 0 Å². The molecule has 0 fully saturated rings. The second-order valence-corrected chi connectivity index (χ2v) is 8.18. The third-order valence-electron chi connectivity index (χ3n) is 5.96. The van der Waals surface area contributed by atoms with Crippen molar-refractivity contribution in [1.82, 2.24) is 14.5 Å². The van der Waals surface area contributed by atoms with Gasteiger partial charge in [-0.1, -0.05) is 30.7 Å². The summed E-state index contributed by atoms with van der Waals surface area (Å²) in [6.07, 6.45) is 8.18. The van der Waals surface area contributed by atoms with Gasteiger partial charge in [-0.25, -0.2) is 4.98 Å². The Hall–Kier alpha value is -3.80. The number of benzene rings is 2. The molecular weight excluding hydrogens is 400 g/mol. The van der Waals surface area contributed by atoms with Crippen LogP contribution in [0.25, 0.3) is 10.9 Å². The molecule has 1 N–H and O–H groups in total. The van der Waals surface area contributed by atoms with Crippen LogP contribution in [0.3, 0.4) is 0 Å². The van der Waals surface area contributed by atoms with Crippen LogP contribution in [-0.4, -0.2) is 20.4 Å². The van der Waals surface area contributed by atoms with E-state index in [1.165, 1.54) is 0 Å². The van der Waals surface area contributed by atoms with Crippen LogP contribution < -0.4 is 10.9 Å². The molecule has 0 bridgehead atoms. The zero-order chi connectivity index (χ0) is 21.9. The lowest BCUT2D eigenvalue weighted by atomic mass is 10.0. The summed E-state index contributed by atoms with van der Waals surface area (Å²) in [6, 6.07) is 16.8. The van der Waals surface area contributed by atoms with Crippen molar-refractivity contribution in [2.45, 2.75) is 38.6 Å². The van der Waals surface area contributed by atoms with Crippen LogP contribution in [-0.2, 0) is 19.4 Å². The van der Waals surface area contributed by atoms with Gasteiger partial charge in [0.2, 0.25) is 0 Å². The molecule has 0 unspecified atom stereocenters. The van der Waals surface area contributed by atoms with Gasteiger partial charge in [0.1, 0.15) is 5.82 Å². The summed E-state index contributed by atoms with van der Waals surface area (Å²) in [5, 5.41) is 3.59. The average molecular weight is 425 g/mol. The molecule has 0 radical (unpaired) electrons. The van der Waals surface area contributed by atoms with E-state index in [1.807, 2.05) is 42.6 Å². The average Bonchev–Trinajstić information content (AvgIpc) is 3.06. The van der Waals surface area contributed by atoms with Crippen molar-refractivity contribution in [2.75, 3.05) is 5.32 Å².